The molecule has 1 saturated heterocycles. The minimum absolute atomic E-state index is 0.0787. The van der Waals surface area contributed by atoms with Crippen LogP contribution in [0.2, 0.25) is 0 Å². The molecule has 0 radical (unpaired) electrons. The number of benzene rings is 1. The number of rotatable bonds is 4. The second-order valence-corrected chi connectivity index (χ2v) is 5.25. The normalized spacial score (nSPS) is 22.8. The maximum atomic E-state index is 12.2. The Labute approximate surface area is 114 Å². The van der Waals surface area contributed by atoms with Crippen molar-refractivity contribution in [3.05, 3.63) is 29.8 Å². The standard InChI is InChI=1S/C15H22N2O2/c1-15(8-3-4-9-17-15)14(18)16-11-12-6-5-7-13(10-12)19-2/h5-7,10,17H,3-4,8-9,11H2,1-2H3,(H,16,18). The third-order valence-corrected chi connectivity index (χ3v) is 3.71. The number of amides is 1. The summed E-state index contributed by atoms with van der Waals surface area (Å²) < 4.78 is 5.17. The van der Waals surface area contributed by atoms with Crippen molar-refractivity contribution in [2.45, 2.75) is 38.3 Å². The van der Waals surface area contributed by atoms with E-state index in [2.05, 4.69) is 10.6 Å². The number of hydrogen-bond donors (Lipinski definition) is 2. The van der Waals surface area contributed by atoms with Crippen LogP contribution in [0.25, 0.3) is 0 Å². The van der Waals surface area contributed by atoms with Gasteiger partial charge in [0, 0.05) is 6.54 Å². The average Bonchev–Trinajstić information content (AvgIpc) is 2.45. The Hall–Kier alpha value is -1.55. The molecule has 1 aliphatic heterocycles. The molecule has 4 nitrogen and oxygen atoms in total. The van der Waals surface area contributed by atoms with Crippen molar-refractivity contribution in [2.75, 3.05) is 13.7 Å². The summed E-state index contributed by atoms with van der Waals surface area (Å²) in [7, 11) is 1.64. The molecule has 19 heavy (non-hydrogen) atoms. The molecule has 0 saturated carbocycles. The van der Waals surface area contributed by atoms with Gasteiger partial charge in [0.05, 0.1) is 12.6 Å². The first-order chi connectivity index (χ1) is 9.14. The summed E-state index contributed by atoms with van der Waals surface area (Å²) in [6, 6.07) is 7.76. The number of carbonyl (C=O) groups excluding carboxylic acids is 1. The van der Waals surface area contributed by atoms with Crippen LogP contribution in [0.5, 0.6) is 5.75 Å². The van der Waals surface area contributed by atoms with Gasteiger partial charge in [-0.25, -0.2) is 0 Å². The number of piperidine rings is 1. The molecule has 0 aromatic heterocycles. The quantitative estimate of drug-likeness (QED) is 0.870. The summed E-state index contributed by atoms with van der Waals surface area (Å²) >= 11 is 0. The van der Waals surface area contributed by atoms with E-state index >= 15 is 0 Å². The van der Waals surface area contributed by atoms with Crippen LogP contribution in [-0.4, -0.2) is 25.1 Å². The molecule has 1 aromatic rings. The summed E-state index contributed by atoms with van der Waals surface area (Å²) in [4.78, 5) is 12.2. The Kier molecular flexibility index (Phi) is 4.43. The molecule has 0 bridgehead atoms. The van der Waals surface area contributed by atoms with E-state index in [9.17, 15) is 4.79 Å². The molecule has 1 unspecified atom stereocenters. The van der Waals surface area contributed by atoms with E-state index in [0.29, 0.717) is 6.54 Å². The van der Waals surface area contributed by atoms with Gasteiger partial charge in [-0.15, -0.1) is 0 Å². The number of hydrogen-bond acceptors (Lipinski definition) is 3. The van der Waals surface area contributed by atoms with Crippen molar-refractivity contribution >= 4 is 5.91 Å². The zero-order chi connectivity index (χ0) is 13.7. The van der Waals surface area contributed by atoms with Crippen LogP contribution in [0.4, 0.5) is 0 Å². The fraction of sp³-hybridized carbons (Fsp3) is 0.533. The van der Waals surface area contributed by atoms with Gasteiger partial charge in [0.1, 0.15) is 5.75 Å². The van der Waals surface area contributed by atoms with Crippen LogP contribution in [0.15, 0.2) is 24.3 Å². The highest BCUT2D eigenvalue weighted by Crippen LogP contribution is 2.19. The predicted molar refractivity (Wildman–Crippen MR) is 75.1 cm³/mol. The first-order valence-electron chi connectivity index (χ1n) is 6.80. The van der Waals surface area contributed by atoms with Gasteiger partial charge in [0.2, 0.25) is 5.91 Å². The van der Waals surface area contributed by atoms with Crippen molar-refractivity contribution in [2.24, 2.45) is 0 Å². The zero-order valence-corrected chi connectivity index (χ0v) is 11.7. The van der Waals surface area contributed by atoms with E-state index in [1.54, 1.807) is 7.11 Å². The van der Waals surface area contributed by atoms with Crippen molar-refractivity contribution < 1.29 is 9.53 Å². The predicted octanol–water partition coefficient (Wildman–Crippen LogP) is 1.84. The Morgan fingerprint density at radius 2 is 2.32 bits per heavy atom. The summed E-state index contributed by atoms with van der Waals surface area (Å²) in [5.74, 6) is 0.892. The van der Waals surface area contributed by atoms with Crippen LogP contribution in [-0.2, 0) is 11.3 Å². The Balaban J connectivity index is 1.92. The van der Waals surface area contributed by atoms with E-state index in [1.165, 1.54) is 0 Å². The molecule has 0 spiro atoms. The average molecular weight is 262 g/mol. The Bertz CT molecular complexity index is 440. The van der Waals surface area contributed by atoms with Crippen LogP contribution in [0.3, 0.4) is 0 Å². The molecule has 1 heterocycles. The lowest BCUT2D eigenvalue weighted by Crippen LogP contribution is -2.56. The van der Waals surface area contributed by atoms with Gasteiger partial charge in [0.25, 0.3) is 0 Å². The minimum Gasteiger partial charge on any atom is -0.497 e. The van der Waals surface area contributed by atoms with E-state index < -0.39 is 5.54 Å². The molecule has 104 valence electrons. The third-order valence-electron chi connectivity index (χ3n) is 3.71. The van der Waals surface area contributed by atoms with E-state index in [4.69, 9.17) is 4.74 Å². The lowest BCUT2D eigenvalue weighted by atomic mass is 9.90. The van der Waals surface area contributed by atoms with Crippen molar-refractivity contribution in [3.63, 3.8) is 0 Å². The summed E-state index contributed by atoms with van der Waals surface area (Å²) in [6.45, 7) is 3.43. The van der Waals surface area contributed by atoms with Gasteiger partial charge in [-0.05, 0) is 50.4 Å². The van der Waals surface area contributed by atoms with Crippen molar-refractivity contribution in [1.29, 1.82) is 0 Å². The molecule has 1 aromatic carbocycles. The Morgan fingerprint density at radius 3 is 3.00 bits per heavy atom. The zero-order valence-electron chi connectivity index (χ0n) is 11.7. The smallest absolute Gasteiger partial charge is 0.240 e. The van der Waals surface area contributed by atoms with Crippen LogP contribution in [0, 0.1) is 0 Å². The van der Waals surface area contributed by atoms with E-state index in [1.807, 2.05) is 31.2 Å². The van der Waals surface area contributed by atoms with Crippen LogP contribution in [0.1, 0.15) is 31.7 Å². The highest BCUT2D eigenvalue weighted by atomic mass is 16.5. The highest BCUT2D eigenvalue weighted by molar-refractivity contribution is 5.85. The first-order valence-corrected chi connectivity index (χ1v) is 6.80. The maximum Gasteiger partial charge on any atom is 0.240 e. The second kappa shape index (κ2) is 6.06. The molecule has 4 heteroatoms. The van der Waals surface area contributed by atoms with Gasteiger partial charge in [-0.1, -0.05) is 12.1 Å². The molecular formula is C15H22N2O2. The largest absolute Gasteiger partial charge is 0.497 e. The number of ether oxygens (including phenoxy) is 1. The lowest BCUT2D eigenvalue weighted by molar-refractivity contribution is -0.128. The molecule has 1 aliphatic rings. The molecule has 1 fully saturated rings. The summed E-state index contributed by atoms with van der Waals surface area (Å²) in [5, 5.41) is 6.32. The third kappa shape index (κ3) is 3.47. The molecule has 0 aliphatic carbocycles. The fourth-order valence-electron chi connectivity index (χ4n) is 2.41. The van der Waals surface area contributed by atoms with Crippen LogP contribution < -0.4 is 15.4 Å². The van der Waals surface area contributed by atoms with E-state index in [-0.39, 0.29) is 5.91 Å². The highest BCUT2D eigenvalue weighted by Gasteiger charge is 2.33. The van der Waals surface area contributed by atoms with Crippen molar-refractivity contribution in [1.82, 2.24) is 10.6 Å². The van der Waals surface area contributed by atoms with Gasteiger partial charge < -0.3 is 15.4 Å². The number of carbonyl (C=O) groups is 1. The van der Waals surface area contributed by atoms with Crippen molar-refractivity contribution in [3.8, 4) is 5.75 Å². The molecule has 2 N–H and O–H groups in total. The molecule has 1 amide bonds. The molecule has 2 rings (SSSR count). The SMILES string of the molecule is COc1cccc(CNC(=O)C2(C)CCCCN2)c1. The Morgan fingerprint density at radius 1 is 1.47 bits per heavy atom. The summed E-state index contributed by atoms with van der Waals surface area (Å²) in [6.07, 6.45) is 3.16. The first kappa shape index (κ1) is 13.9. The van der Waals surface area contributed by atoms with Crippen LogP contribution >= 0.6 is 0 Å². The molecule has 1 atom stereocenters. The number of methoxy groups -OCH3 is 1. The second-order valence-electron chi connectivity index (χ2n) is 5.25. The monoisotopic (exact) mass is 262 g/mol. The fourth-order valence-corrected chi connectivity index (χ4v) is 2.41. The topological polar surface area (TPSA) is 50.4 Å². The minimum atomic E-state index is -0.420. The van der Waals surface area contributed by atoms with Gasteiger partial charge in [-0.3, -0.25) is 4.79 Å². The maximum absolute atomic E-state index is 12.2. The number of nitrogens with one attached hydrogen (secondary N) is 2. The lowest BCUT2D eigenvalue weighted by Gasteiger charge is -2.33. The molecular weight excluding hydrogens is 240 g/mol. The van der Waals surface area contributed by atoms with Gasteiger partial charge in [0.15, 0.2) is 0 Å². The summed E-state index contributed by atoms with van der Waals surface area (Å²) in [5.41, 5.74) is 0.629. The van der Waals surface area contributed by atoms with Gasteiger partial charge in [-0.2, -0.15) is 0 Å². The van der Waals surface area contributed by atoms with Gasteiger partial charge >= 0.3 is 0 Å². The van der Waals surface area contributed by atoms with E-state index in [0.717, 1.165) is 37.1 Å².